The van der Waals surface area contributed by atoms with Gasteiger partial charge in [0.05, 0.1) is 24.4 Å². The number of alkyl carbamates (subject to hydrolysis) is 1. The van der Waals surface area contributed by atoms with E-state index in [4.69, 9.17) is 23.1 Å². The molecule has 15 nitrogen and oxygen atoms in total. The average Bonchev–Trinajstić information content (AvgIpc) is 3.91. The van der Waals surface area contributed by atoms with E-state index < -0.39 is 65.0 Å². The van der Waals surface area contributed by atoms with Crippen LogP contribution in [0.15, 0.2) is 49.1 Å². The number of hydrogen-bond acceptors (Lipinski definition) is 10. The summed E-state index contributed by atoms with van der Waals surface area (Å²) in [6.07, 6.45) is 1.86. The first-order valence-electron chi connectivity index (χ1n) is 23.8. The van der Waals surface area contributed by atoms with Gasteiger partial charge in [-0.25, -0.2) is 14.5 Å². The molecular weight excluding hydrogens is 887 g/mol. The van der Waals surface area contributed by atoms with Crippen molar-refractivity contribution in [3.8, 4) is 11.5 Å². The van der Waals surface area contributed by atoms with Crippen molar-refractivity contribution >= 4 is 57.9 Å². The topological polar surface area (TPSA) is 174 Å². The lowest BCUT2D eigenvalue weighted by Gasteiger charge is -2.44. The third kappa shape index (κ3) is 11.5. The van der Waals surface area contributed by atoms with Crippen molar-refractivity contribution in [3.63, 3.8) is 0 Å². The fourth-order valence-corrected chi connectivity index (χ4v) is 15.9. The number of carbonyl (C=O) groups is 5. The Kier molecular flexibility index (Phi) is 16.5. The fourth-order valence-electron chi connectivity index (χ4n) is 9.45. The number of nitrogens with zero attached hydrogens (tertiary/aromatic N) is 2. The first-order valence-corrected chi connectivity index (χ1v) is 28.9. The Labute approximate surface area is 400 Å². The van der Waals surface area contributed by atoms with Gasteiger partial charge in [-0.2, -0.15) is 0 Å². The summed E-state index contributed by atoms with van der Waals surface area (Å²) in [5.41, 5.74) is 2.49. The van der Waals surface area contributed by atoms with Crippen LogP contribution in [0.5, 0.6) is 11.5 Å². The molecule has 2 aromatic rings. The summed E-state index contributed by atoms with van der Waals surface area (Å²) in [5.74, 6) is -0.565. The molecule has 2 aliphatic heterocycles. The highest BCUT2D eigenvalue weighted by Crippen LogP contribution is 2.58. The number of rotatable bonds is 18. The highest BCUT2D eigenvalue weighted by Gasteiger charge is 2.60. The Hall–Kier alpha value is -4.88. The normalized spacial score (nSPS) is 18.8. The maximum atomic E-state index is 15.1. The first kappa shape index (κ1) is 53.1. The van der Waals surface area contributed by atoms with Crippen molar-refractivity contribution < 1.29 is 47.0 Å². The summed E-state index contributed by atoms with van der Waals surface area (Å²) < 4.78 is 31.8. The van der Waals surface area contributed by atoms with Crippen LogP contribution in [0.25, 0.3) is 0 Å². The molecule has 1 spiro atoms. The van der Waals surface area contributed by atoms with Gasteiger partial charge in [0.2, 0.25) is 11.8 Å². The van der Waals surface area contributed by atoms with Crippen LogP contribution in [0, 0.1) is 11.3 Å². The minimum atomic E-state index is -2.61. The summed E-state index contributed by atoms with van der Waals surface area (Å²) >= 11 is 0. The number of amides is 5. The summed E-state index contributed by atoms with van der Waals surface area (Å²) in [6.45, 7) is 33.1. The summed E-state index contributed by atoms with van der Waals surface area (Å²) in [6, 6.07) is 8.09. The second kappa shape index (κ2) is 20.8. The SMILES string of the molecule is C=CCOC(=O)NC(C(=O)NC(C)C(=O)Nc1ccc(COC(=O)N2c3cc(O[Si](C(C)C)(C(C)C)C(C)C)c(OC)cc3C(=O)N3CC4(CC4)C[C@H]3C2O[Si](C)(C)C(C)(C)C)cc1)C(C)C. The Balaban J connectivity index is 1.45. The van der Waals surface area contributed by atoms with Gasteiger partial charge in [-0.05, 0) is 96.0 Å². The highest BCUT2D eigenvalue weighted by atomic mass is 28.4. The van der Waals surface area contributed by atoms with E-state index in [1.807, 2.05) is 4.90 Å². The molecule has 1 saturated carbocycles. The minimum absolute atomic E-state index is 0.00967. The van der Waals surface area contributed by atoms with E-state index in [-0.39, 0.29) is 52.1 Å². The highest BCUT2D eigenvalue weighted by molar-refractivity contribution is 6.78. The lowest BCUT2D eigenvalue weighted by molar-refractivity contribution is -0.128. The molecule has 1 aliphatic carbocycles. The van der Waals surface area contributed by atoms with Crippen LogP contribution >= 0.6 is 0 Å². The first-order chi connectivity index (χ1) is 31.2. The van der Waals surface area contributed by atoms with Gasteiger partial charge >= 0.3 is 12.2 Å². The van der Waals surface area contributed by atoms with Crippen molar-refractivity contribution in [2.24, 2.45) is 11.3 Å². The van der Waals surface area contributed by atoms with Gasteiger partial charge in [-0.15, -0.1) is 0 Å². The number of nitrogens with one attached hydrogen (secondary N) is 3. The quantitative estimate of drug-likeness (QED) is 0.0964. The van der Waals surface area contributed by atoms with Crippen LogP contribution in [0.4, 0.5) is 21.0 Å². The molecule has 0 radical (unpaired) electrons. The maximum absolute atomic E-state index is 15.1. The van der Waals surface area contributed by atoms with Gasteiger partial charge in [-0.3, -0.25) is 14.4 Å². The second-order valence-corrected chi connectivity index (χ2v) is 31.6. The van der Waals surface area contributed by atoms with Crippen LogP contribution in [-0.2, 0) is 30.1 Å². The molecular formula is C50H77N5O10Si2. The zero-order valence-electron chi connectivity index (χ0n) is 42.6. The van der Waals surface area contributed by atoms with Crippen molar-refractivity contribution in [1.29, 1.82) is 0 Å². The van der Waals surface area contributed by atoms with Crippen LogP contribution in [-0.4, -0.2) is 96.1 Å². The van der Waals surface area contributed by atoms with E-state index in [1.165, 1.54) is 6.08 Å². The third-order valence-corrected chi connectivity index (χ3v) is 24.9. The van der Waals surface area contributed by atoms with Crippen LogP contribution in [0.2, 0.25) is 34.8 Å². The molecule has 5 rings (SSSR count). The van der Waals surface area contributed by atoms with Crippen molar-refractivity contribution in [2.75, 3.05) is 30.5 Å². The molecule has 0 bridgehead atoms. The summed E-state index contributed by atoms with van der Waals surface area (Å²) in [5, 5.41) is 7.80. The van der Waals surface area contributed by atoms with E-state index in [2.05, 4.69) is 97.9 Å². The molecule has 2 fully saturated rings. The van der Waals surface area contributed by atoms with E-state index >= 15 is 4.79 Å². The second-order valence-electron chi connectivity index (χ2n) is 21.5. The van der Waals surface area contributed by atoms with E-state index in [0.29, 0.717) is 47.0 Å². The van der Waals surface area contributed by atoms with Gasteiger partial charge in [0.25, 0.3) is 14.2 Å². The zero-order valence-corrected chi connectivity index (χ0v) is 44.6. The van der Waals surface area contributed by atoms with Crippen LogP contribution < -0.4 is 30.0 Å². The number of carbonyl (C=O) groups excluding carboxylic acids is 5. The molecule has 67 heavy (non-hydrogen) atoms. The van der Waals surface area contributed by atoms with Crippen LogP contribution in [0.1, 0.15) is 118 Å². The van der Waals surface area contributed by atoms with Crippen LogP contribution in [0.3, 0.4) is 0 Å². The molecule has 370 valence electrons. The molecule has 3 N–H and O–H groups in total. The molecule has 3 aliphatic rings. The van der Waals surface area contributed by atoms with E-state index in [1.54, 1.807) is 69.2 Å². The number of ether oxygens (including phenoxy) is 3. The van der Waals surface area contributed by atoms with Crippen molar-refractivity contribution in [2.45, 2.75) is 168 Å². The number of fused-ring (bicyclic) bond motifs is 2. The van der Waals surface area contributed by atoms with Gasteiger partial charge in [0.15, 0.2) is 20.3 Å². The molecule has 4 atom stereocenters. The summed E-state index contributed by atoms with van der Waals surface area (Å²) in [4.78, 5) is 72.0. The van der Waals surface area contributed by atoms with E-state index in [9.17, 15) is 19.2 Å². The Morgan fingerprint density at radius 3 is 2.01 bits per heavy atom. The van der Waals surface area contributed by atoms with Gasteiger partial charge < -0.3 is 43.9 Å². The zero-order chi connectivity index (χ0) is 50.0. The predicted octanol–water partition coefficient (Wildman–Crippen LogP) is 10.1. The fraction of sp³-hybridized carbons (Fsp3) is 0.620. The summed E-state index contributed by atoms with van der Waals surface area (Å²) in [7, 11) is -3.59. The molecule has 2 heterocycles. The van der Waals surface area contributed by atoms with Gasteiger partial charge in [0, 0.05) is 18.3 Å². The third-order valence-electron chi connectivity index (χ3n) is 14.4. The Morgan fingerprint density at radius 2 is 1.49 bits per heavy atom. The molecule has 17 heteroatoms. The molecule has 1 saturated heterocycles. The smallest absolute Gasteiger partial charge is 0.416 e. The Bertz CT molecular complexity index is 2130. The van der Waals surface area contributed by atoms with E-state index in [0.717, 1.165) is 12.8 Å². The molecule has 5 amide bonds. The number of methoxy groups -OCH3 is 1. The van der Waals surface area contributed by atoms with Crippen molar-refractivity contribution in [1.82, 2.24) is 15.5 Å². The van der Waals surface area contributed by atoms with Gasteiger partial charge in [-0.1, -0.05) is 101 Å². The average molecular weight is 964 g/mol. The number of benzene rings is 2. The monoisotopic (exact) mass is 964 g/mol. The van der Waals surface area contributed by atoms with Crippen molar-refractivity contribution in [3.05, 3.63) is 60.2 Å². The maximum Gasteiger partial charge on any atom is 0.416 e. The largest absolute Gasteiger partial charge is 0.540 e. The standard InChI is InChI=1S/C50H77N5O10Si2/c1-17-24-62-47(59)53-42(30(2)3)44(57)51-34(10)43(56)52-36-20-18-35(19-21-36)28-63-48(60)55-38-26-41(64-67(31(4)5,32(6)7)33(8)9)40(61-14)25-37(38)45(58)54-29-50(22-23-50)27-39(54)46(55)65-66(15,16)49(11,12)13/h17-21,25-26,30-34,39,42,46H,1,22-24,27-29H2,2-16H3,(H,51,57)(H,52,56)(H,53,59)/t34?,39-,42?,46?/m0/s1. The lowest BCUT2D eigenvalue weighted by Crippen LogP contribution is -2.58. The number of anilines is 2. The molecule has 2 aromatic carbocycles. The Morgan fingerprint density at radius 1 is 0.881 bits per heavy atom. The predicted molar refractivity (Wildman–Crippen MR) is 266 cm³/mol. The molecule has 0 aromatic heterocycles. The minimum Gasteiger partial charge on any atom is -0.540 e. The number of hydrogen-bond donors (Lipinski definition) is 3. The lowest BCUT2D eigenvalue weighted by atomic mass is 10.0. The molecule has 3 unspecified atom stereocenters. The van der Waals surface area contributed by atoms with Gasteiger partial charge in [0.1, 0.15) is 31.0 Å².